The first-order valence-corrected chi connectivity index (χ1v) is 10.4. The van der Waals surface area contributed by atoms with Gasteiger partial charge >= 0.3 is 0 Å². The van der Waals surface area contributed by atoms with Crippen LogP contribution in [-0.4, -0.2) is 32.2 Å². The summed E-state index contributed by atoms with van der Waals surface area (Å²) < 4.78 is 14.0. The molecule has 1 amide bonds. The van der Waals surface area contributed by atoms with Gasteiger partial charge in [-0.1, -0.05) is 45.0 Å². The Morgan fingerprint density at radius 1 is 1.26 bits per heavy atom. The Bertz CT molecular complexity index is 1050. The summed E-state index contributed by atoms with van der Waals surface area (Å²) in [4.78, 5) is 13.1. The minimum absolute atomic E-state index is 0.169. The number of aromatic nitrogens is 4. The van der Waals surface area contributed by atoms with Crippen molar-refractivity contribution in [2.75, 3.05) is 10.6 Å². The van der Waals surface area contributed by atoms with E-state index in [1.807, 2.05) is 12.1 Å². The molecule has 3 aromatic rings. The zero-order valence-corrected chi connectivity index (χ0v) is 17.8. The molecule has 7 nitrogen and oxygen atoms in total. The number of nitrogens with zero attached hydrogens (tertiary/aromatic N) is 4. The minimum atomic E-state index is -0.316. The van der Waals surface area contributed by atoms with Gasteiger partial charge in [-0.25, -0.2) is 4.39 Å². The number of nitrogens with one attached hydrogen (secondary N) is 2. The average molecular weight is 423 g/mol. The van der Waals surface area contributed by atoms with Crippen LogP contribution in [0, 0.1) is 5.82 Å². The number of carbonyl (C=O) groups is 1. The quantitative estimate of drug-likeness (QED) is 0.465. The molecule has 31 heavy (non-hydrogen) atoms. The lowest BCUT2D eigenvalue weighted by atomic mass is 10.1. The third-order valence-corrected chi connectivity index (χ3v) is 4.93. The van der Waals surface area contributed by atoms with Gasteiger partial charge in [-0.2, -0.15) is 4.80 Å². The molecule has 3 rings (SSSR count). The molecule has 1 aromatic heterocycles. The van der Waals surface area contributed by atoms with Crippen molar-refractivity contribution in [2.24, 2.45) is 0 Å². The van der Waals surface area contributed by atoms with Crippen LogP contribution in [0.2, 0.25) is 0 Å². The predicted molar refractivity (Wildman–Crippen MR) is 120 cm³/mol. The molecule has 1 atom stereocenters. The van der Waals surface area contributed by atoms with E-state index in [4.69, 9.17) is 0 Å². The van der Waals surface area contributed by atoms with Crippen LogP contribution in [-0.2, 0) is 11.3 Å². The second kappa shape index (κ2) is 10.5. The summed E-state index contributed by atoms with van der Waals surface area (Å²) in [6.45, 7) is 7.93. The van der Waals surface area contributed by atoms with Gasteiger partial charge in [0.1, 0.15) is 5.82 Å². The van der Waals surface area contributed by atoms with Crippen molar-refractivity contribution in [3.63, 3.8) is 0 Å². The van der Waals surface area contributed by atoms with Crippen LogP contribution in [0.15, 0.2) is 55.1 Å². The van der Waals surface area contributed by atoms with E-state index in [1.165, 1.54) is 16.9 Å². The molecule has 0 spiro atoms. The Morgan fingerprint density at radius 2 is 2.06 bits per heavy atom. The predicted octanol–water partition coefficient (Wildman–Crippen LogP) is 4.64. The highest BCUT2D eigenvalue weighted by molar-refractivity contribution is 5.99. The van der Waals surface area contributed by atoms with Crippen molar-refractivity contribution < 1.29 is 9.18 Å². The molecule has 0 aliphatic rings. The Balaban J connectivity index is 1.93. The monoisotopic (exact) mass is 422 g/mol. The molecule has 162 valence electrons. The summed E-state index contributed by atoms with van der Waals surface area (Å²) >= 11 is 0. The van der Waals surface area contributed by atoms with Crippen molar-refractivity contribution in [3.05, 3.63) is 66.5 Å². The van der Waals surface area contributed by atoms with Gasteiger partial charge in [0.05, 0.1) is 6.54 Å². The van der Waals surface area contributed by atoms with Crippen molar-refractivity contribution >= 4 is 17.3 Å². The van der Waals surface area contributed by atoms with E-state index >= 15 is 0 Å². The molecule has 0 aliphatic carbocycles. The number of hydrogen-bond acceptors (Lipinski definition) is 5. The van der Waals surface area contributed by atoms with E-state index in [0.717, 1.165) is 24.9 Å². The summed E-state index contributed by atoms with van der Waals surface area (Å²) in [5.41, 5.74) is 2.63. The highest BCUT2D eigenvalue weighted by Gasteiger charge is 2.16. The summed E-state index contributed by atoms with van der Waals surface area (Å²) in [6.07, 6.45) is 4.27. The highest BCUT2D eigenvalue weighted by atomic mass is 19.1. The third kappa shape index (κ3) is 5.75. The molecule has 8 heteroatoms. The summed E-state index contributed by atoms with van der Waals surface area (Å²) in [6, 6.07) is 12.3. The summed E-state index contributed by atoms with van der Waals surface area (Å²) in [7, 11) is 0. The van der Waals surface area contributed by atoms with E-state index < -0.39 is 0 Å². The molecular weight excluding hydrogens is 395 g/mol. The molecule has 0 bridgehead atoms. The van der Waals surface area contributed by atoms with Crippen LogP contribution in [0.5, 0.6) is 0 Å². The molecular formula is C23H27FN6O. The van der Waals surface area contributed by atoms with Crippen LogP contribution >= 0.6 is 0 Å². The van der Waals surface area contributed by atoms with E-state index in [9.17, 15) is 9.18 Å². The van der Waals surface area contributed by atoms with Crippen LogP contribution in [0.4, 0.5) is 15.8 Å². The van der Waals surface area contributed by atoms with Gasteiger partial charge in [0.15, 0.2) is 0 Å². The van der Waals surface area contributed by atoms with Crippen LogP contribution in [0.3, 0.4) is 0 Å². The molecule has 0 saturated heterocycles. The first-order valence-electron chi connectivity index (χ1n) is 10.4. The topological polar surface area (TPSA) is 84.7 Å². The zero-order valence-electron chi connectivity index (χ0n) is 17.8. The standard InChI is InChI=1S/C23H27FN6O/c1-4-9-17(5-2)25-21-13-12-18(26-22(31)6-3)14-19(21)23-27-29-30(28-23)15-16-10-7-8-11-20(16)24/h6-8,10-14,17,25H,3-5,9,15H2,1-2H3,(H,26,31). The molecule has 2 N–H and O–H groups in total. The van der Waals surface area contributed by atoms with E-state index in [0.29, 0.717) is 28.7 Å². The Hall–Kier alpha value is -3.55. The van der Waals surface area contributed by atoms with Gasteiger partial charge < -0.3 is 10.6 Å². The van der Waals surface area contributed by atoms with Crippen LogP contribution < -0.4 is 10.6 Å². The lowest BCUT2D eigenvalue weighted by molar-refractivity contribution is -0.111. The van der Waals surface area contributed by atoms with Crippen molar-refractivity contribution in [3.8, 4) is 11.4 Å². The molecule has 0 fully saturated rings. The van der Waals surface area contributed by atoms with E-state index in [-0.39, 0.29) is 18.3 Å². The lowest BCUT2D eigenvalue weighted by Crippen LogP contribution is -2.18. The smallest absolute Gasteiger partial charge is 0.247 e. The highest BCUT2D eigenvalue weighted by Crippen LogP contribution is 2.30. The minimum Gasteiger partial charge on any atom is -0.382 e. The maximum Gasteiger partial charge on any atom is 0.247 e. The molecule has 0 aliphatic heterocycles. The Labute approximate surface area is 181 Å². The Kier molecular flexibility index (Phi) is 7.48. The largest absolute Gasteiger partial charge is 0.382 e. The van der Waals surface area contributed by atoms with E-state index in [2.05, 4.69) is 46.5 Å². The molecule has 0 saturated carbocycles. The van der Waals surface area contributed by atoms with Gasteiger partial charge in [0, 0.05) is 28.5 Å². The zero-order chi connectivity index (χ0) is 22.2. The maximum atomic E-state index is 14.0. The third-order valence-electron chi connectivity index (χ3n) is 4.93. The van der Waals surface area contributed by atoms with Gasteiger partial charge in [-0.05, 0) is 48.4 Å². The van der Waals surface area contributed by atoms with Crippen LogP contribution in [0.25, 0.3) is 11.4 Å². The summed E-state index contributed by atoms with van der Waals surface area (Å²) in [5.74, 6) is -0.233. The van der Waals surface area contributed by atoms with Gasteiger partial charge in [-0.15, -0.1) is 10.2 Å². The molecule has 0 radical (unpaired) electrons. The van der Waals surface area contributed by atoms with Crippen molar-refractivity contribution in [1.29, 1.82) is 0 Å². The van der Waals surface area contributed by atoms with Crippen molar-refractivity contribution in [2.45, 2.75) is 45.7 Å². The summed E-state index contributed by atoms with van der Waals surface area (Å²) in [5, 5.41) is 19.0. The Morgan fingerprint density at radius 3 is 2.77 bits per heavy atom. The van der Waals surface area contributed by atoms with E-state index in [1.54, 1.807) is 24.3 Å². The number of tetrazole rings is 1. The lowest BCUT2D eigenvalue weighted by Gasteiger charge is -2.20. The van der Waals surface area contributed by atoms with Gasteiger partial charge in [0.25, 0.3) is 0 Å². The molecule has 1 unspecified atom stereocenters. The van der Waals surface area contributed by atoms with Crippen LogP contribution in [0.1, 0.15) is 38.7 Å². The normalized spacial score (nSPS) is 11.7. The van der Waals surface area contributed by atoms with Gasteiger partial charge in [0.2, 0.25) is 11.7 Å². The first-order chi connectivity index (χ1) is 15.0. The molecule has 1 heterocycles. The molecule has 2 aromatic carbocycles. The number of amides is 1. The fourth-order valence-electron chi connectivity index (χ4n) is 3.27. The number of halogens is 1. The number of anilines is 2. The maximum absolute atomic E-state index is 14.0. The van der Waals surface area contributed by atoms with Gasteiger partial charge in [-0.3, -0.25) is 4.79 Å². The SMILES string of the molecule is C=CC(=O)Nc1ccc(NC(CC)CCC)c(-c2nnn(Cc3ccccc3F)n2)c1. The fraction of sp³-hybridized carbons (Fsp3) is 0.304. The average Bonchev–Trinajstić information content (AvgIpc) is 3.24. The number of hydrogen-bond donors (Lipinski definition) is 2. The number of benzene rings is 2. The van der Waals surface area contributed by atoms with Crippen molar-refractivity contribution in [1.82, 2.24) is 20.2 Å². The number of rotatable bonds is 10. The number of carbonyl (C=O) groups excluding carboxylic acids is 1. The second-order valence-electron chi connectivity index (χ2n) is 7.23. The fourth-order valence-corrected chi connectivity index (χ4v) is 3.27. The second-order valence-corrected chi connectivity index (χ2v) is 7.23. The first kappa shape index (κ1) is 22.1.